The van der Waals surface area contributed by atoms with Gasteiger partial charge in [0.2, 0.25) is 0 Å². The molecule has 0 bridgehead atoms. The van der Waals surface area contributed by atoms with Crippen LogP contribution in [0.15, 0.2) is 30.5 Å². The lowest BCUT2D eigenvalue weighted by Crippen LogP contribution is -2.10. The van der Waals surface area contributed by atoms with Crippen molar-refractivity contribution in [2.24, 2.45) is 0 Å². The Bertz CT molecular complexity index is 716. The molecule has 3 nitrogen and oxygen atoms in total. The summed E-state index contributed by atoms with van der Waals surface area (Å²) in [5, 5.41) is 8.89. The molecule has 0 unspecified atom stereocenters. The van der Waals surface area contributed by atoms with Gasteiger partial charge in [-0.3, -0.25) is 4.98 Å². The molecule has 8 heteroatoms. The molecular weight excluding hydrogens is 314 g/mol. The zero-order chi connectivity index (χ0) is 15.8. The number of alkyl halides is 3. The van der Waals surface area contributed by atoms with Gasteiger partial charge in [0, 0.05) is 11.8 Å². The van der Waals surface area contributed by atoms with Crippen LogP contribution in [0.5, 0.6) is 0 Å². The number of carboxylic acid groups (broad SMARTS) is 1. The van der Waals surface area contributed by atoms with Crippen molar-refractivity contribution < 1.29 is 27.5 Å². The minimum Gasteiger partial charge on any atom is -0.478 e. The molecule has 0 radical (unpaired) electrons. The Balaban J connectivity index is 2.66. The number of pyridine rings is 1. The first-order chi connectivity index (χ1) is 9.70. The predicted molar refractivity (Wildman–Crippen MR) is 66.6 cm³/mol. The fourth-order valence-electron chi connectivity index (χ4n) is 1.68. The average molecular weight is 320 g/mol. The number of carbonyl (C=O) groups is 1. The van der Waals surface area contributed by atoms with Gasteiger partial charge in [0.05, 0.1) is 21.8 Å². The van der Waals surface area contributed by atoms with E-state index in [4.69, 9.17) is 16.7 Å². The van der Waals surface area contributed by atoms with Gasteiger partial charge in [-0.25, -0.2) is 9.18 Å². The van der Waals surface area contributed by atoms with Gasteiger partial charge >= 0.3 is 12.1 Å². The van der Waals surface area contributed by atoms with Crippen LogP contribution in [0.3, 0.4) is 0 Å². The number of benzene rings is 1. The summed E-state index contributed by atoms with van der Waals surface area (Å²) in [7, 11) is 0. The SMILES string of the molecule is O=C(O)c1cc(C(F)(F)F)cnc1-c1ccc(F)cc1Cl. The van der Waals surface area contributed by atoms with E-state index in [0.717, 1.165) is 18.2 Å². The van der Waals surface area contributed by atoms with E-state index in [1.807, 2.05) is 0 Å². The van der Waals surface area contributed by atoms with Crippen molar-refractivity contribution in [2.75, 3.05) is 0 Å². The molecular formula is C13H6ClF4NO2. The van der Waals surface area contributed by atoms with Crippen molar-refractivity contribution in [1.29, 1.82) is 0 Å². The van der Waals surface area contributed by atoms with Crippen molar-refractivity contribution in [3.05, 3.63) is 52.4 Å². The fourth-order valence-corrected chi connectivity index (χ4v) is 1.94. The summed E-state index contributed by atoms with van der Waals surface area (Å²) in [5.74, 6) is -2.25. The third kappa shape index (κ3) is 3.13. The number of aromatic carboxylic acids is 1. The highest BCUT2D eigenvalue weighted by molar-refractivity contribution is 6.33. The highest BCUT2D eigenvalue weighted by Gasteiger charge is 2.32. The van der Waals surface area contributed by atoms with Gasteiger partial charge in [-0.2, -0.15) is 13.2 Å². The van der Waals surface area contributed by atoms with Crippen LogP contribution in [0.2, 0.25) is 5.02 Å². The Hall–Kier alpha value is -2.15. The van der Waals surface area contributed by atoms with Gasteiger partial charge < -0.3 is 5.11 Å². The molecule has 0 aliphatic rings. The van der Waals surface area contributed by atoms with E-state index >= 15 is 0 Å². The van der Waals surface area contributed by atoms with E-state index in [1.54, 1.807) is 0 Å². The standard InChI is InChI=1S/C13H6ClF4NO2/c14-10-4-7(15)1-2-8(10)11-9(12(20)21)3-6(5-19-11)13(16,17)18/h1-5H,(H,20,21). The summed E-state index contributed by atoms with van der Waals surface area (Å²) >= 11 is 5.78. The fraction of sp³-hybridized carbons (Fsp3) is 0.0769. The molecule has 110 valence electrons. The van der Waals surface area contributed by atoms with Crippen LogP contribution >= 0.6 is 11.6 Å². The van der Waals surface area contributed by atoms with Crippen LogP contribution < -0.4 is 0 Å². The van der Waals surface area contributed by atoms with E-state index in [2.05, 4.69) is 4.98 Å². The minimum absolute atomic E-state index is 0.0317. The van der Waals surface area contributed by atoms with Gasteiger partial charge in [-0.1, -0.05) is 11.6 Å². The number of hydrogen-bond donors (Lipinski definition) is 1. The minimum atomic E-state index is -4.72. The number of rotatable bonds is 2. The maximum atomic E-state index is 13.0. The van der Waals surface area contributed by atoms with Crippen molar-refractivity contribution in [2.45, 2.75) is 6.18 Å². The summed E-state index contributed by atoms with van der Waals surface area (Å²) in [6.45, 7) is 0. The zero-order valence-corrected chi connectivity index (χ0v) is 10.8. The number of carboxylic acids is 1. The Morgan fingerprint density at radius 2 is 1.90 bits per heavy atom. The molecule has 0 spiro atoms. The molecule has 1 aromatic carbocycles. The number of aromatic nitrogens is 1. The molecule has 0 atom stereocenters. The van der Waals surface area contributed by atoms with E-state index in [-0.39, 0.29) is 16.3 Å². The predicted octanol–water partition coefficient (Wildman–Crippen LogP) is 4.26. The topological polar surface area (TPSA) is 50.2 Å². The second kappa shape index (κ2) is 5.33. The van der Waals surface area contributed by atoms with Gasteiger partial charge in [0.1, 0.15) is 5.82 Å². The summed E-state index contributed by atoms with van der Waals surface area (Å²) < 4.78 is 50.7. The van der Waals surface area contributed by atoms with Crippen LogP contribution in [0.25, 0.3) is 11.3 Å². The van der Waals surface area contributed by atoms with Crippen molar-refractivity contribution in [1.82, 2.24) is 4.98 Å². The van der Waals surface area contributed by atoms with E-state index < -0.39 is 29.1 Å². The van der Waals surface area contributed by atoms with Crippen molar-refractivity contribution in [3.8, 4) is 11.3 Å². The largest absolute Gasteiger partial charge is 0.478 e. The molecule has 0 aliphatic heterocycles. The molecule has 0 fully saturated rings. The lowest BCUT2D eigenvalue weighted by Gasteiger charge is -2.11. The van der Waals surface area contributed by atoms with E-state index in [0.29, 0.717) is 12.3 Å². The first-order valence-electron chi connectivity index (χ1n) is 5.46. The molecule has 1 heterocycles. The normalized spacial score (nSPS) is 11.5. The molecule has 0 amide bonds. The highest BCUT2D eigenvalue weighted by atomic mass is 35.5. The maximum Gasteiger partial charge on any atom is 0.417 e. The van der Waals surface area contributed by atoms with Gasteiger partial charge in [-0.15, -0.1) is 0 Å². The van der Waals surface area contributed by atoms with Crippen LogP contribution in [0.4, 0.5) is 17.6 Å². The van der Waals surface area contributed by atoms with Crippen molar-refractivity contribution in [3.63, 3.8) is 0 Å². The smallest absolute Gasteiger partial charge is 0.417 e. The lowest BCUT2D eigenvalue weighted by molar-refractivity contribution is -0.137. The Kier molecular flexibility index (Phi) is 3.87. The molecule has 21 heavy (non-hydrogen) atoms. The second-order valence-corrected chi connectivity index (χ2v) is 4.45. The number of hydrogen-bond acceptors (Lipinski definition) is 2. The maximum absolute atomic E-state index is 13.0. The first kappa shape index (κ1) is 15.2. The first-order valence-corrected chi connectivity index (χ1v) is 5.84. The Morgan fingerprint density at radius 3 is 2.43 bits per heavy atom. The summed E-state index contributed by atoms with van der Waals surface area (Å²) in [6.07, 6.45) is -4.22. The number of nitrogens with zero attached hydrogens (tertiary/aromatic N) is 1. The van der Waals surface area contributed by atoms with Crippen LogP contribution in [0.1, 0.15) is 15.9 Å². The van der Waals surface area contributed by atoms with Gasteiger partial charge in [0.15, 0.2) is 0 Å². The Labute approximate surface area is 120 Å². The molecule has 1 aromatic heterocycles. The van der Waals surface area contributed by atoms with Crippen molar-refractivity contribution >= 4 is 17.6 Å². The van der Waals surface area contributed by atoms with Crippen LogP contribution in [0, 0.1) is 5.82 Å². The third-order valence-corrected chi connectivity index (χ3v) is 2.94. The molecule has 0 saturated heterocycles. The zero-order valence-electron chi connectivity index (χ0n) is 10.1. The third-order valence-electron chi connectivity index (χ3n) is 2.63. The highest BCUT2D eigenvalue weighted by Crippen LogP contribution is 2.34. The van der Waals surface area contributed by atoms with Gasteiger partial charge in [-0.05, 0) is 24.3 Å². The molecule has 0 saturated carbocycles. The second-order valence-electron chi connectivity index (χ2n) is 4.05. The number of halogens is 5. The quantitative estimate of drug-likeness (QED) is 0.841. The Morgan fingerprint density at radius 1 is 1.24 bits per heavy atom. The van der Waals surface area contributed by atoms with Crippen LogP contribution in [-0.2, 0) is 6.18 Å². The molecule has 1 N–H and O–H groups in total. The van der Waals surface area contributed by atoms with Gasteiger partial charge in [0.25, 0.3) is 0 Å². The molecule has 2 rings (SSSR count). The lowest BCUT2D eigenvalue weighted by atomic mass is 10.0. The van der Waals surface area contributed by atoms with E-state index in [9.17, 15) is 22.4 Å². The molecule has 0 aliphatic carbocycles. The monoisotopic (exact) mass is 319 g/mol. The molecule has 2 aromatic rings. The summed E-state index contributed by atoms with van der Waals surface area (Å²) in [5.41, 5.74) is -2.09. The average Bonchev–Trinajstić information content (AvgIpc) is 2.37. The summed E-state index contributed by atoms with van der Waals surface area (Å²) in [4.78, 5) is 14.6. The van der Waals surface area contributed by atoms with E-state index in [1.165, 1.54) is 0 Å². The summed E-state index contributed by atoms with van der Waals surface area (Å²) in [6, 6.07) is 3.54. The van der Waals surface area contributed by atoms with Crippen LogP contribution in [-0.4, -0.2) is 16.1 Å².